The van der Waals surface area contributed by atoms with Crippen molar-refractivity contribution in [2.24, 2.45) is 5.92 Å². The Hall–Kier alpha value is -1.38. The zero-order chi connectivity index (χ0) is 18.9. The molecule has 2 aliphatic heterocycles. The molecule has 3 unspecified atom stereocenters. The maximum Gasteiger partial charge on any atom is 0.317 e. The molecule has 0 saturated carbocycles. The normalized spacial score (nSPS) is 26.6. The second-order valence-electron chi connectivity index (χ2n) is 6.49. The fraction of sp³-hybridized carbons (Fsp3) is 0.556. The van der Waals surface area contributed by atoms with Crippen molar-refractivity contribution < 1.29 is 19.0 Å². The summed E-state index contributed by atoms with van der Waals surface area (Å²) in [4.78, 5) is 14.8. The molecule has 2 heterocycles. The quantitative estimate of drug-likeness (QED) is 0.412. The monoisotopic (exact) mass is 442 g/mol. The molecule has 1 saturated heterocycles. The predicted octanol–water partition coefficient (Wildman–Crippen LogP) is 3.00. The number of carbonyl (C=O) groups excluding carboxylic acids is 1. The summed E-state index contributed by atoms with van der Waals surface area (Å²) in [6.07, 6.45) is 0.769. The molecular weight excluding hydrogens is 420 g/mol. The molecule has 6 nitrogen and oxygen atoms in total. The van der Waals surface area contributed by atoms with E-state index < -0.39 is 11.6 Å². The summed E-state index contributed by atoms with van der Waals surface area (Å²) in [7, 11) is 1.66. The molecule has 1 aromatic rings. The van der Waals surface area contributed by atoms with Gasteiger partial charge in [0.05, 0.1) is 12.6 Å². The molecule has 26 heavy (non-hydrogen) atoms. The lowest BCUT2D eigenvalue weighted by Gasteiger charge is -2.55. The lowest BCUT2D eigenvalue weighted by molar-refractivity contribution is -0.175. The highest BCUT2D eigenvalue weighted by Crippen LogP contribution is 2.49. The SMILES string of the molecule is CCOC(=O)C1C2NC(=S)N(CCCOC)C1(C)Oc1ccc(Br)cc12. The van der Waals surface area contributed by atoms with Crippen molar-refractivity contribution >= 4 is 39.2 Å². The number of hydrogen-bond donors (Lipinski definition) is 1. The molecule has 0 radical (unpaired) electrons. The summed E-state index contributed by atoms with van der Waals surface area (Å²) in [5.41, 5.74) is -0.0258. The second kappa shape index (κ2) is 7.70. The number of rotatable bonds is 6. The Balaban J connectivity index is 2.04. The van der Waals surface area contributed by atoms with Crippen molar-refractivity contribution in [3.63, 3.8) is 0 Å². The van der Waals surface area contributed by atoms with E-state index in [9.17, 15) is 4.79 Å². The van der Waals surface area contributed by atoms with Crippen molar-refractivity contribution in [2.45, 2.75) is 32.0 Å². The van der Waals surface area contributed by atoms with E-state index >= 15 is 0 Å². The van der Waals surface area contributed by atoms with Gasteiger partial charge in [-0.15, -0.1) is 0 Å². The third-order valence-electron chi connectivity index (χ3n) is 4.86. The van der Waals surface area contributed by atoms with Crippen molar-refractivity contribution in [2.75, 3.05) is 26.9 Å². The van der Waals surface area contributed by atoms with Crippen LogP contribution in [0.2, 0.25) is 0 Å². The fourth-order valence-electron chi connectivity index (χ4n) is 3.70. The molecule has 0 aliphatic carbocycles. The first-order chi connectivity index (χ1) is 12.4. The number of ether oxygens (including phenoxy) is 3. The van der Waals surface area contributed by atoms with E-state index in [-0.39, 0.29) is 12.0 Å². The van der Waals surface area contributed by atoms with Gasteiger partial charge in [0.2, 0.25) is 0 Å². The summed E-state index contributed by atoms with van der Waals surface area (Å²) in [5.74, 6) is -0.0937. The van der Waals surface area contributed by atoms with Crippen LogP contribution in [0.5, 0.6) is 5.75 Å². The molecule has 1 N–H and O–H groups in total. The molecule has 8 heteroatoms. The Morgan fingerprint density at radius 1 is 1.50 bits per heavy atom. The predicted molar refractivity (Wildman–Crippen MR) is 105 cm³/mol. The van der Waals surface area contributed by atoms with Gasteiger partial charge in [-0.3, -0.25) is 4.79 Å². The average molecular weight is 443 g/mol. The highest BCUT2D eigenvalue weighted by molar-refractivity contribution is 9.10. The van der Waals surface area contributed by atoms with Gasteiger partial charge in [0.15, 0.2) is 10.8 Å². The Morgan fingerprint density at radius 2 is 2.27 bits per heavy atom. The number of halogens is 1. The number of thiocarbonyl (C=S) groups is 1. The Kier molecular flexibility index (Phi) is 5.74. The highest BCUT2D eigenvalue weighted by atomic mass is 79.9. The first kappa shape index (κ1) is 19.4. The van der Waals surface area contributed by atoms with E-state index in [0.717, 1.165) is 22.2 Å². The van der Waals surface area contributed by atoms with Crippen LogP contribution in [0.3, 0.4) is 0 Å². The maximum atomic E-state index is 12.8. The summed E-state index contributed by atoms with van der Waals surface area (Å²) >= 11 is 9.09. The van der Waals surface area contributed by atoms with Crippen LogP contribution in [0.25, 0.3) is 0 Å². The van der Waals surface area contributed by atoms with Crippen LogP contribution in [0, 0.1) is 5.92 Å². The van der Waals surface area contributed by atoms with E-state index in [1.165, 1.54) is 0 Å². The van der Waals surface area contributed by atoms with Crippen LogP contribution < -0.4 is 10.1 Å². The zero-order valence-electron chi connectivity index (χ0n) is 15.1. The molecule has 1 fully saturated rings. The minimum atomic E-state index is -0.923. The van der Waals surface area contributed by atoms with Crippen molar-refractivity contribution in [1.82, 2.24) is 10.2 Å². The molecule has 0 spiro atoms. The third-order valence-corrected chi connectivity index (χ3v) is 5.70. The topological polar surface area (TPSA) is 60.0 Å². The van der Waals surface area contributed by atoms with Crippen LogP contribution >= 0.6 is 28.1 Å². The number of benzene rings is 1. The van der Waals surface area contributed by atoms with Gasteiger partial charge in [-0.05, 0) is 50.7 Å². The summed E-state index contributed by atoms with van der Waals surface area (Å²) in [6.45, 7) is 5.25. The summed E-state index contributed by atoms with van der Waals surface area (Å²) in [6, 6.07) is 5.50. The molecule has 2 bridgehead atoms. The van der Waals surface area contributed by atoms with Crippen LogP contribution in [0.1, 0.15) is 31.9 Å². The Labute approximate surface area is 167 Å². The van der Waals surface area contributed by atoms with Crippen molar-refractivity contribution in [3.05, 3.63) is 28.2 Å². The van der Waals surface area contributed by atoms with E-state index in [1.807, 2.05) is 30.0 Å². The van der Waals surface area contributed by atoms with Crippen molar-refractivity contribution in [3.8, 4) is 5.75 Å². The number of nitrogens with one attached hydrogen (secondary N) is 1. The highest BCUT2D eigenvalue weighted by Gasteiger charge is 2.59. The third kappa shape index (κ3) is 3.30. The zero-order valence-corrected chi connectivity index (χ0v) is 17.5. The molecule has 142 valence electrons. The summed E-state index contributed by atoms with van der Waals surface area (Å²) in [5, 5.41) is 3.91. The largest absolute Gasteiger partial charge is 0.467 e. The lowest BCUT2D eigenvalue weighted by Crippen LogP contribution is -2.71. The van der Waals surface area contributed by atoms with Crippen molar-refractivity contribution in [1.29, 1.82) is 0 Å². The molecule has 1 aromatic carbocycles. The van der Waals surface area contributed by atoms with Crippen LogP contribution in [0.4, 0.5) is 0 Å². The smallest absolute Gasteiger partial charge is 0.317 e. The lowest BCUT2D eigenvalue weighted by atomic mass is 9.79. The number of methoxy groups -OCH3 is 1. The van der Waals surface area contributed by atoms with Gasteiger partial charge in [-0.25, -0.2) is 0 Å². The molecule has 0 aromatic heterocycles. The molecule has 3 atom stereocenters. The number of carbonyl (C=O) groups is 1. The number of esters is 1. The first-order valence-corrected chi connectivity index (χ1v) is 9.84. The van der Waals surface area contributed by atoms with Crippen LogP contribution in [-0.2, 0) is 14.3 Å². The Morgan fingerprint density at radius 3 is 2.96 bits per heavy atom. The van der Waals surface area contributed by atoms with Crippen LogP contribution in [-0.4, -0.2) is 48.6 Å². The average Bonchev–Trinajstić information content (AvgIpc) is 2.58. The van der Waals surface area contributed by atoms with Gasteiger partial charge in [-0.2, -0.15) is 0 Å². The van der Waals surface area contributed by atoms with E-state index in [4.69, 9.17) is 26.4 Å². The first-order valence-electron chi connectivity index (χ1n) is 8.64. The maximum absolute atomic E-state index is 12.8. The van der Waals surface area contributed by atoms with Gasteiger partial charge >= 0.3 is 5.97 Å². The molecular formula is C18H23BrN2O4S. The minimum absolute atomic E-state index is 0.294. The van der Waals surface area contributed by atoms with Gasteiger partial charge in [-0.1, -0.05) is 15.9 Å². The number of fused-ring (bicyclic) bond motifs is 4. The molecule has 2 aliphatic rings. The fourth-order valence-corrected chi connectivity index (χ4v) is 4.48. The van der Waals surface area contributed by atoms with E-state index in [2.05, 4.69) is 21.2 Å². The number of hydrogen-bond acceptors (Lipinski definition) is 5. The molecule has 0 amide bonds. The standard InChI is InChI=1S/C18H23BrN2O4S/c1-4-24-16(22)14-15-12-10-11(19)6-7-13(12)25-18(14,2)21(17(26)20-15)8-5-9-23-3/h6-7,10,14-15H,4-5,8-9H2,1-3H3,(H,20,26). The summed E-state index contributed by atoms with van der Waals surface area (Å²) < 4.78 is 17.8. The van der Waals surface area contributed by atoms with Gasteiger partial charge < -0.3 is 24.4 Å². The van der Waals surface area contributed by atoms with Gasteiger partial charge in [0.1, 0.15) is 11.7 Å². The number of nitrogens with zero attached hydrogens (tertiary/aromatic N) is 1. The second-order valence-corrected chi connectivity index (χ2v) is 7.80. The van der Waals surface area contributed by atoms with Gasteiger partial charge in [0.25, 0.3) is 0 Å². The Bertz CT molecular complexity index is 716. The van der Waals surface area contributed by atoms with Crippen LogP contribution in [0.15, 0.2) is 22.7 Å². The van der Waals surface area contributed by atoms with E-state index in [0.29, 0.717) is 24.9 Å². The minimum Gasteiger partial charge on any atom is -0.467 e. The van der Waals surface area contributed by atoms with E-state index in [1.54, 1.807) is 14.0 Å². The van der Waals surface area contributed by atoms with Gasteiger partial charge in [0, 0.05) is 30.3 Å². The molecule has 3 rings (SSSR count).